The second kappa shape index (κ2) is 7.66. The Morgan fingerprint density at radius 2 is 2.08 bits per heavy atom. The van der Waals surface area contributed by atoms with Crippen LogP contribution in [0.3, 0.4) is 0 Å². The molecule has 1 aromatic rings. The summed E-state index contributed by atoms with van der Waals surface area (Å²) in [5.74, 6) is 0.179. The van der Waals surface area contributed by atoms with Crippen molar-refractivity contribution in [3.05, 3.63) is 29.3 Å². The molecule has 1 aliphatic heterocycles. The minimum absolute atomic E-state index is 0.302. The van der Waals surface area contributed by atoms with Gasteiger partial charge >= 0.3 is 0 Å². The summed E-state index contributed by atoms with van der Waals surface area (Å²) in [7, 11) is -3.53. The Balaban J connectivity index is 1.85. The van der Waals surface area contributed by atoms with Crippen LogP contribution in [0.4, 0.5) is 0 Å². The van der Waals surface area contributed by atoms with E-state index in [9.17, 15) is 18.3 Å². The van der Waals surface area contributed by atoms with Crippen molar-refractivity contribution >= 4 is 15.9 Å². The van der Waals surface area contributed by atoms with Gasteiger partial charge in [-0.3, -0.25) is 4.79 Å². The van der Waals surface area contributed by atoms with Crippen molar-refractivity contribution in [1.82, 2.24) is 9.21 Å². The lowest BCUT2D eigenvalue weighted by atomic mass is 9.99. The molecule has 144 valence electrons. The highest BCUT2D eigenvalue weighted by molar-refractivity contribution is 7.89. The van der Waals surface area contributed by atoms with Gasteiger partial charge < -0.3 is 10.0 Å². The third-order valence-electron chi connectivity index (χ3n) is 5.13. The highest BCUT2D eigenvalue weighted by Gasteiger charge is 2.32. The molecule has 0 bridgehead atoms. The largest absolute Gasteiger partial charge is 0.384 e. The predicted molar refractivity (Wildman–Crippen MR) is 99.0 cm³/mol. The van der Waals surface area contributed by atoms with E-state index in [0.717, 1.165) is 30.4 Å². The van der Waals surface area contributed by atoms with Gasteiger partial charge in [-0.05, 0) is 61.8 Å². The summed E-state index contributed by atoms with van der Waals surface area (Å²) < 4.78 is 27.8. The molecule has 1 N–H and O–H groups in total. The Hall–Kier alpha value is -1.44. The first-order valence-electron chi connectivity index (χ1n) is 9.41. The maximum Gasteiger partial charge on any atom is 0.251 e. The molecule has 1 atom stereocenters. The molecule has 1 aliphatic carbocycles. The summed E-state index contributed by atoms with van der Waals surface area (Å²) in [6.45, 7) is 5.47. The Labute approximate surface area is 155 Å². The molecule has 1 amide bonds. The SMILES string of the molecule is CCCN(CC1CC1)S(=O)(=O)c1ccc2c(c1)CN(C(=O)[C@H](C)O)CC2. The third-order valence-corrected chi connectivity index (χ3v) is 6.99. The molecule has 1 heterocycles. The van der Waals surface area contributed by atoms with E-state index in [4.69, 9.17) is 0 Å². The molecular weight excluding hydrogens is 352 g/mol. The van der Waals surface area contributed by atoms with E-state index >= 15 is 0 Å². The number of sulfonamides is 1. The number of benzene rings is 1. The zero-order valence-corrected chi connectivity index (χ0v) is 16.3. The van der Waals surface area contributed by atoms with E-state index in [1.807, 2.05) is 13.0 Å². The molecule has 0 unspecified atom stereocenters. The molecule has 26 heavy (non-hydrogen) atoms. The number of carbonyl (C=O) groups is 1. The monoisotopic (exact) mass is 380 g/mol. The van der Waals surface area contributed by atoms with Gasteiger partial charge in [0, 0.05) is 26.2 Å². The maximum absolute atomic E-state index is 13.1. The topological polar surface area (TPSA) is 77.9 Å². The van der Waals surface area contributed by atoms with E-state index in [2.05, 4.69) is 0 Å². The normalized spacial score (nSPS) is 18.7. The summed E-state index contributed by atoms with van der Waals surface area (Å²) in [5.41, 5.74) is 1.93. The number of fused-ring (bicyclic) bond motifs is 1. The van der Waals surface area contributed by atoms with Gasteiger partial charge in [-0.25, -0.2) is 8.42 Å². The van der Waals surface area contributed by atoms with Crippen LogP contribution in [-0.2, 0) is 27.8 Å². The second-order valence-corrected chi connectivity index (χ2v) is 9.36. The molecular formula is C19H28N2O4S. The van der Waals surface area contributed by atoms with Crippen LogP contribution in [0.2, 0.25) is 0 Å². The summed E-state index contributed by atoms with van der Waals surface area (Å²) in [4.78, 5) is 14.0. The lowest BCUT2D eigenvalue weighted by Gasteiger charge is -2.30. The highest BCUT2D eigenvalue weighted by Crippen LogP contribution is 2.32. The number of hydrogen-bond donors (Lipinski definition) is 1. The Morgan fingerprint density at radius 3 is 2.69 bits per heavy atom. The van der Waals surface area contributed by atoms with E-state index in [-0.39, 0.29) is 5.91 Å². The van der Waals surface area contributed by atoms with Gasteiger partial charge in [0.2, 0.25) is 10.0 Å². The number of hydrogen-bond acceptors (Lipinski definition) is 4. The van der Waals surface area contributed by atoms with E-state index in [1.165, 1.54) is 6.92 Å². The van der Waals surface area contributed by atoms with Gasteiger partial charge in [-0.2, -0.15) is 4.31 Å². The first kappa shape index (κ1) is 19.3. The summed E-state index contributed by atoms with van der Waals surface area (Å²) >= 11 is 0. The van der Waals surface area contributed by atoms with Crippen LogP contribution in [0.15, 0.2) is 23.1 Å². The average Bonchev–Trinajstić information content (AvgIpc) is 3.43. The summed E-state index contributed by atoms with van der Waals surface area (Å²) in [6.07, 6.45) is 2.64. The van der Waals surface area contributed by atoms with Crippen molar-refractivity contribution in [2.45, 2.75) is 57.1 Å². The fourth-order valence-electron chi connectivity index (χ4n) is 3.44. The Kier molecular flexibility index (Phi) is 5.69. The summed E-state index contributed by atoms with van der Waals surface area (Å²) in [6, 6.07) is 5.27. The van der Waals surface area contributed by atoms with Crippen molar-refractivity contribution in [3.8, 4) is 0 Å². The van der Waals surface area contributed by atoms with Crippen molar-refractivity contribution in [1.29, 1.82) is 0 Å². The molecule has 6 nitrogen and oxygen atoms in total. The van der Waals surface area contributed by atoms with E-state index in [1.54, 1.807) is 21.3 Å². The van der Waals surface area contributed by atoms with Gasteiger partial charge in [0.25, 0.3) is 5.91 Å². The molecule has 1 saturated carbocycles. The molecule has 2 aliphatic rings. The van der Waals surface area contributed by atoms with Crippen LogP contribution in [0.1, 0.15) is 44.2 Å². The molecule has 0 saturated heterocycles. The first-order valence-corrected chi connectivity index (χ1v) is 10.9. The van der Waals surface area contributed by atoms with Gasteiger partial charge in [0.15, 0.2) is 0 Å². The third kappa shape index (κ3) is 4.10. The van der Waals surface area contributed by atoms with Gasteiger partial charge in [0.1, 0.15) is 6.10 Å². The van der Waals surface area contributed by atoms with Crippen molar-refractivity contribution in [2.75, 3.05) is 19.6 Å². The first-order chi connectivity index (χ1) is 12.3. The Morgan fingerprint density at radius 1 is 1.35 bits per heavy atom. The van der Waals surface area contributed by atoms with Crippen LogP contribution in [-0.4, -0.2) is 54.4 Å². The lowest BCUT2D eigenvalue weighted by molar-refractivity contribution is -0.140. The number of nitrogens with zero attached hydrogens (tertiary/aromatic N) is 2. The summed E-state index contributed by atoms with van der Waals surface area (Å²) in [5, 5.41) is 9.53. The fourth-order valence-corrected chi connectivity index (χ4v) is 5.10. The number of aliphatic hydroxyl groups excluding tert-OH is 1. The van der Waals surface area contributed by atoms with Gasteiger partial charge in [-0.1, -0.05) is 13.0 Å². The van der Waals surface area contributed by atoms with E-state index in [0.29, 0.717) is 43.4 Å². The van der Waals surface area contributed by atoms with Crippen LogP contribution in [0, 0.1) is 5.92 Å². The highest BCUT2D eigenvalue weighted by atomic mass is 32.2. The smallest absolute Gasteiger partial charge is 0.251 e. The van der Waals surface area contributed by atoms with Crippen LogP contribution >= 0.6 is 0 Å². The Bertz CT molecular complexity index is 772. The number of amides is 1. The van der Waals surface area contributed by atoms with Crippen molar-refractivity contribution in [2.24, 2.45) is 5.92 Å². The minimum Gasteiger partial charge on any atom is -0.384 e. The number of rotatable bonds is 7. The van der Waals surface area contributed by atoms with Crippen LogP contribution in [0.5, 0.6) is 0 Å². The van der Waals surface area contributed by atoms with E-state index < -0.39 is 16.1 Å². The predicted octanol–water partition coefficient (Wildman–Crippen LogP) is 1.76. The van der Waals surface area contributed by atoms with Gasteiger partial charge in [0.05, 0.1) is 4.90 Å². The number of aliphatic hydroxyl groups is 1. The molecule has 1 fully saturated rings. The molecule has 0 radical (unpaired) electrons. The van der Waals surface area contributed by atoms with Crippen molar-refractivity contribution in [3.63, 3.8) is 0 Å². The molecule has 7 heteroatoms. The van der Waals surface area contributed by atoms with Crippen LogP contribution < -0.4 is 0 Å². The standard InChI is InChI=1S/C19H28N2O4S/c1-3-9-21(12-15-4-5-15)26(24,25)18-7-6-16-8-10-20(13-17(16)11-18)19(23)14(2)22/h6-7,11,14-15,22H,3-5,8-10,12-13H2,1-2H3/t14-/m0/s1. The molecule has 0 aromatic heterocycles. The minimum atomic E-state index is -3.53. The maximum atomic E-state index is 13.1. The average molecular weight is 381 g/mol. The second-order valence-electron chi connectivity index (χ2n) is 7.42. The molecule has 3 rings (SSSR count). The molecule has 0 spiro atoms. The van der Waals surface area contributed by atoms with Crippen LogP contribution in [0.25, 0.3) is 0 Å². The zero-order valence-electron chi connectivity index (χ0n) is 15.5. The number of carbonyl (C=O) groups excluding carboxylic acids is 1. The van der Waals surface area contributed by atoms with Crippen molar-refractivity contribution < 1.29 is 18.3 Å². The lowest BCUT2D eigenvalue weighted by Crippen LogP contribution is -2.41. The zero-order chi connectivity index (χ0) is 18.9. The quantitative estimate of drug-likeness (QED) is 0.782. The molecule has 1 aromatic carbocycles. The fraction of sp³-hybridized carbons (Fsp3) is 0.632. The van der Waals surface area contributed by atoms with Gasteiger partial charge in [-0.15, -0.1) is 0 Å².